The van der Waals surface area contributed by atoms with Crippen LogP contribution in [-0.2, 0) is 21.4 Å². The van der Waals surface area contributed by atoms with E-state index in [4.69, 9.17) is 4.74 Å². The predicted octanol–water partition coefficient (Wildman–Crippen LogP) is 10.9. The summed E-state index contributed by atoms with van der Waals surface area (Å²) in [5, 5.41) is 10.7. The van der Waals surface area contributed by atoms with E-state index in [-0.39, 0.29) is 11.4 Å². The Morgan fingerprint density at radius 2 is 1.28 bits per heavy atom. The summed E-state index contributed by atoms with van der Waals surface area (Å²) < 4.78 is 5.43. The Kier molecular flexibility index (Phi) is 20.7. The molecule has 226 valence electrons. The summed E-state index contributed by atoms with van der Waals surface area (Å²) >= 11 is 1.80. The molecule has 1 aromatic carbocycles. The molecule has 39 heavy (non-hydrogen) atoms. The largest absolute Gasteiger partial charge is 0.507 e. The lowest BCUT2D eigenvalue weighted by atomic mass is 9.83. The molecule has 1 rings (SSSR count). The zero-order valence-electron chi connectivity index (χ0n) is 26.4. The highest BCUT2D eigenvalue weighted by Crippen LogP contribution is 2.35. The summed E-state index contributed by atoms with van der Waals surface area (Å²) in [4.78, 5) is 12.0. The van der Waals surface area contributed by atoms with Crippen molar-refractivity contribution < 1.29 is 14.6 Å². The van der Waals surface area contributed by atoms with Crippen molar-refractivity contribution in [1.29, 1.82) is 0 Å². The quantitative estimate of drug-likeness (QED) is 0.100. The molecule has 0 aliphatic rings. The maximum atomic E-state index is 12.0. The van der Waals surface area contributed by atoms with Crippen LogP contribution in [0.15, 0.2) is 12.1 Å². The maximum Gasteiger partial charge on any atom is 0.306 e. The van der Waals surface area contributed by atoms with Crippen molar-refractivity contribution in [2.45, 2.75) is 162 Å². The zero-order valence-corrected chi connectivity index (χ0v) is 27.2. The molecule has 1 aromatic rings. The molecule has 0 amide bonds. The van der Waals surface area contributed by atoms with E-state index in [0.29, 0.717) is 18.8 Å². The van der Waals surface area contributed by atoms with Crippen LogP contribution in [0.3, 0.4) is 0 Å². The van der Waals surface area contributed by atoms with Crippen molar-refractivity contribution in [1.82, 2.24) is 0 Å². The molecule has 0 unspecified atom stereocenters. The highest BCUT2D eigenvalue weighted by atomic mass is 32.2. The van der Waals surface area contributed by atoms with Gasteiger partial charge in [0.25, 0.3) is 0 Å². The Labute approximate surface area is 246 Å². The molecule has 3 nitrogen and oxygen atoms in total. The van der Waals surface area contributed by atoms with Gasteiger partial charge in [0, 0.05) is 5.75 Å². The van der Waals surface area contributed by atoms with Crippen LogP contribution >= 0.6 is 11.8 Å². The predicted molar refractivity (Wildman–Crippen MR) is 172 cm³/mol. The minimum absolute atomic E-state index is 0.0605. The Morgan fingerprint density at radius 3 is 1.79 bits per heavy atom. The number of phenolic OH excluding ortho intramolecular Hbond substituents is 1. The number of esters is 1. The summed E-state index contributed by atoms with van der Waals surface area (Å²) in [5.41, 5.74) is 3.20. The van der Waals surface area contributed by atoms with E-state index in [9.17, 15) is 9.90 Å². The van der Waals surface area contributed by atoms with Gasteiger partial charge in [-0.15, -0.1) is 0 Å². The van der Waals surface area contributed by atoms with Gasteiger partial charge in [-0.3, -0.25) is 4.79 Å². The molecule has 0 saturated heterocycles. The minimum atomic E-state index is -0.0634. The fraction of sp³-hybridized carbons (Fsp3) is 0.800. The van der Waals surface area contributed by atoms with Crippen LogP contribution in [0.2, 0.25) is 0 Å². The SMILES string of the molecule is CCCCCCCCCCCCCCCCCCOC(=O)CCSCCCc1cc(C)cc(C(C)(C)C)c1O. The molecular weight excluding hydrogens is 500 g/mol. The second kappa shape index (κ2) is 22.5. The maximum absolute atomic E-state index is 12.0. The molecule has 0 spiro atoms. The number of unbranched alkanes of at least 4 members (excludes halogenated alkanes) is 15. The Morgan fingerprint density at radius 1 is 0.769 bits per heavy atom. The van der Waals surface area contributed by atoms with Crippen LogP contribution in [0.25, 0.3) is 0 Å². The standard InChI is InChI=1S/C35H62O3S/c1-6-7-8-9-10-11-12-13-14-15-16-17-18-19-20-21-25-38-33(36)24-27-39-26-22-23-31-28-30(2)29-32(34(31)37)35(3,4)5/h28-29,37H,6-27H2,1-5H3. The summed E-state index contributed by atoms with van der Waals surface area (Å²) in [7, 11) is 0. The molecule has 4 heteroatoms. The fourth-order valence-electron chi connectivity index (χ4n) is 5.15. The van der Waals surface area contributed by atoms with Crippen molar-refractivity contribution in [3.63, 3.8) is 0 Å². The molecule has 0 fully saturated rings. The van der Waals surface area contributed by atoms with Gasteiger partial charge >= 0.3 is 5.97 Å². The van der Waals surface area contributed by atoms with Crippen molar-refractivity contribution in [2.24, 2.45) is 0 Å². The molecule has 0 aromatic heterocycles. The van der Waals surface area contributed by atoms with Crippen LogP contribution < -0.4 is 0 Å². The van der Waals surface area contributed by atoms with Crippen molar-refractivity contribution >= 4 is 17.7 Å². The van der Waals surface area contributed by atoms with Crippen LogP contribution in [0.5, 0.6) is 5.75 Å². The van der Waals surface area contributed by atoms with Crippen molar-refractivity contribution in [3.8, 4) is 5.75 Å². The zero-order chi connectivity index (χ0) is 28.8. The number of carbonyl (C=O) groups is 1. The lowest BCUT2D eigenvalue weighted by Crippen LogP contribution is -2.12. The molecule has 0 atom stereocenters. The third kappa shape index (κ3) is 18.7. The van der Waals surface area contributed by atoms with Crippen LogP contribution in [0.1, 0.15) is 160 Å². The van der Waals surface area contributed by atoms with E-state index in [1.54, 1.807) is 11.8 Å². The average molecular weight is 563 g/mol. The van der Waals surface area contributed by atoms with Crippen molar-refractivity contribution in [3.05, 3.63) is 28.8 Å². The highest BCUT2D eigenvalue weighted by molar-refractivity contribution is 7.99. The first-order valence-corrected chi connectivity index (χ1v) is 17.5. The first-order valence-electron chi connectivity index (χ1n) is 16.3. The van der Waals surface area contributed by atoms with Crippen molar-refractivity contribution in [2.75, 3.05) is 18.1 Å². The van der Waals surface area contributed by atoms with Crippen LogP contribution in [0.4, 0.5) is 0 Å². The van der Waals surface area contributed by atoms with Gasteiger partial charge in [-0.25, -0.2) is 0 Å². The number of carbonyl (C=O) groups excluding carboxylic acids is 1. The number of ether oxygens (including phenoxy) is 1. The second-order valence-electron chi connectivity index (χ2n) is 12.6. The van der Waals surface area contributed by atoms with E-state index in [1.807, 2.05) is 0 Å². The molecular formula is C35H62O3S. The van der Waals surface area contributed by atoms with Gasteiger partial charge in [-0.2, -0.15) is 11.8 Å². The minimum Gasteiger partial charge on any atom is -0.507 e. The molecule has 0 aliphatic heterocycles. The van der Waals surface area contributed by atoms with E-state index in [1.165, 1.54) is 102 Å². The number of hydrogen-bond acceptors (Lipinski definition) is 4. The molecule has 0 radical (unpaired) electrons. The van der Waals surface area contributed by atoms with Gasteiger partial charge in [0.2, 0.25) is 0 Å². The lowest BCUT2D eigenvalue weighted by molar-refractivity contribution is -0.143. The molecule has 1 N–H and O–H groups in total. The molecule has 0 bridgehead atoms. The molecule has 0 aliphatic carbocycles. The van der Waals surface area contributed by atoms with Gasteiger partial charge in [0.05, 0.1) is 13.0 Å². The third-order valence-electron chi connectivity index (χ3n) is 7.59. The summed E-state index contributed by atoms with van der Waals surface area (Å²) in [6.07, 6.45) is 24.0. The van der Waals surface area contributed by atoms with Gasteiger partial charge in [-0.05, 0) is 48.5 Å². The molecule has 0 heterocycles. The first kappa shape index (κ1) is 35.9. The smallest absolute Gasteiger partial charge is 0.306 e. The Hall–Kier alpha value is -1.16. The van der Waals surface area contributed by atoms with Crippen LogP contribution in [-0.4, -0.2) is 29.2 Å². The summed E-state index contributed by atoms with van der Waals surface area (Å²) in [6, 6.07) is 4.20. The number of rotatable bonds is 24. The molecule has 0 saturated carbocycles. The van der Waals surface area contributed by atoms with Crippen LogP contribution in [0, 0.1) is 6.92 Å². The number of phenols is 1. The number of benzene rings is 1. The van der Waals surface area contributed by atoms with Gasteiger partial charge in [-0.1, -0.05) is 142 Å². The monoisotopic (exact) mass is 562 g/mol. The van der Waals surface area contributed by atoms with E-state index in [2.05, 4.69) is 46.8 Å². The number of thioether (sulfide) groups is 1. The Bertz CT molecular complexity index is 753. The average Bonchev–Trinajstić information content (AvgIpc) is 2.88. The van der Waals surface area contributed by atoms with E-state index in [0.717, 1.165) is 41.9 Å². The Balaban J connectivity index is 1.91. The van der Waals surface area contributed by atoms with Gasteiger partial charge in [0.1, 0.15) is 5.75 Å². The summed E-state index contributed by atoms with van der Waals surface area (Å²) in [5.74, 6) is 2.19. The summed E-state index contributed by atoms with van der Waals surface area (Å²) in [6.45, 7) is 11.4. The van der Waals surface area contributed by atoms with Gasteiger partial charge in [0.15, 0.2) is 0 Å². The van der Waals surface area contributed by atoms with Gasteiger partial charge < -0.3 is 9.84 Å². The third-order valence-corrected chi connectivity index (χ3v) is 8.66. The fourth-order valence-corrected chi connectivity index (χ4v) is 6.01. The van der Waals surface area contributed by atoms with E-state index >= 15 is 0 Å². The highest BCUT2D eigenvalue weighted by Gasteiger charge is 2.20. The number of hydrogen-bond donors (Lipinski definition) is 1. The number of aryl methyl sites for hydroxylation is 2. The normalized spacial score (nSPS) is 11.7. The lowest BCUT2D eigenvalue weighted by Gasteiger charge is -2.23. The van der Waals surface area contributed by atoms with E-state index < -0.39 is 0 Å². The first-order chi connectivity index (χ1) is 18.8. The second-order valence-corrected chi connectivity index (χ2v) is 13.8. The number of aromatic hydroxyl groups is 1. The topological polar surface area (TPSA) is 46.5 Å².